The fraction of sp³-hybridized carbons (Fsp3) is 0.571. The van der Waals surface area contributed by atoms with E-state index in [1.54, 1.807) is 20.8 Å². The van der Waals surface area contributed by atoms with E-state index in [1.165, 1.54) is 6.33 Å². The van der Waals surface area contributed by atoms with Gasteiger partial charge >= 0.3 is 11.9 Å². The Hall–Kier alpha value is -2.38. The van der Waals surface area contributed by atoms with E-state index in [2.05, 4.69) is 10.3 Å². The number of ether oxygens (including phenoxy) is 1. The first-order valence-corrected chi connectivity index (χ1v) is 6.97. The lowest BCUT2D eigenvalue weighted by Gasteiger charge is -2.23. The van der Waals surface area contributed by atoms with Gasteiger partial charge in [-0.2, -0.15) is 0 Å². The molecule has 0 fully saturated rings. The molecule has 0 saturated heterocycles. The Bertz CT molecular complexity index is 659. The van der Waals surface area contributed by atoms with Crippen LogP contribution in [-0.2, 0) is 27.3 Å². The highest BCUT2D eigenvalue weighted by molar-refractivity contribution is 5.78. The molecule has 1 aliphatic heterocycles. The molecule has 0 saturated carbocycles. The summed E-state index contributed by atoms with van der Waals surface area (Å²) < 4.78 is 6.27. The smallest absolute Gasteiger partial charge is 0.326 e. The number of nitrogens with zero attached hydrogens (tertiary/aromatic N) is 2. The maximum absolute atomic E-state index is 12.3. The topological polar surface area (TPSA) is 111 Å². The van der Waals surface area contributed by atoms with E-state index in [0.717, 1.165) is 4.57 Å². The van der Waals surface area contributed by atoms with Crippen molar-refractivity contribution in [3.63, 3.8) is 0 Å². The highest BCUT2D eigenvalue weighted by Gasteiger charge is 2.27. The van der Waals surface area contributed by atoms with Crippen LogP contribution in [-0.4, -0.2) is 38.2 Å². The van der Waals surface area contributed by atoms with E-state index in [-0.39, 0.29) is 12.2 Å². The number of esters is 1. The summed E-state index contributed by atoms with van der Waals surface area (Å²) in [6.45, 7) is 4.93. The molecule has 1 aromatic rings. The van der Waals surface area contributed by atoms with Crippen LogP contribution in [0.1, 0.15) is 32.9 Å². The number of carbonyl (C=O) groups excluding carboxylic acids is 1. The van der Waals surface area contributed by atoms with Gasteiger partial charge in [0.25, 0.3) is 5.56 Å². The molecule has 0 aliphatic carbocycles. The molecule has 1 atom stereocenters. The summed E-state index contributed by atoms with van der Waals surface area (Å²) in [5.74, 6) is -1.57. The number of aliphatic carboxylic acids is 1. The van der Waals surface area contributed by atoms with Gasteiger partial charge in [0.2, 0.25) is 0 Å². The molecule has 8 heteroatoms. The number of hydrogen-bond donors (Lipinski definition) is 2. The van der Waals surface area contributed by atoms with Crippen LogP contribution in [0.4, 0.5) is 5.69 Å². The molecule has 22 heavy (non-hydrogen) atoms. The Kier molecular flexibility index (Phi) is 4.20. The number of rotatable bonds is 3. The van der Waals surface area contributed by atoms with E-state index in [4.69, 9.17) is 9.84 Å². The maximum atomic E-state index is 12.3. The van der Waals surface area contributed by atoms with Gasteiger partial charge in [0.05, 0.1) is 12.0 Å². The van der Waals surface area contributed by atoms with Gasteiger partial charge < -0.3 is 15.2 Å². The first-order chi connectivity index (χ1) is 10.2. The molecule has 0 aromatic carbocycles. The minimum Gasteiger partial charge on any atom is -0.480 e. The number of anilines is 1. The van der Waals surface area contributed by atoms with Crippen molar-refractivity contribution in [2.45, 2.75) is 51.8 Å². The van der Waals surface area contributed by atoms with Gasteiger partial charge in [0, 0.05) is 0 Å². The second-order valence-electron chi connectivity index (χ2n) is 6.16. The second-order valence-corrected chi connectivity index (χ2v) is 6.16. The first kappa shape index (κ1) is 16.0. The Morgan fingerprint density at radius 1 is 1.50 bits per heavy atom. The molecule has 0 bridgehead atoms. The summed E-state index contributed by atoms with van der Waals surface area (Å²) in [6, 6.07) is -0.820. The lowest BCUT2D eigenvalue weighted by molar-refractivity contribution is -0.155. The lowest BCUT2D eigenvalue weighted by atomic mass is 10.0. The predicted molar refractivity (Wildman–Crippen MR) is 77.7 cm³/mol. The van der Waals surface area contributed by atoms with Crippen LogP contribution >= 0.6 is 0 Å². The average molecular weight is 309 g/mol. The van der Waals surface area contributed by atoms with Crippen LogP contribution in [0.2, 0.25) is 0 Å². The Morgan fingerprint density at radius 2 is 2.18 bits per heavy atom. The third-order valence-corrected chi connectivity index (χ3v) is 3.12. The Labute approximate surface area is 127 Å². The molecule has 8 nitrogen and oxygen atoms in total. The van der Waals surface area contributed by atoms with Crippen molar-refractivity contribution in [3.8, 4) is 0 Å². The van der Waals surface area contributed by atoms with E-state index in [1.807, 2.05) is 0 Å². The van der Waals surface area contributed by atoms with Crippen LogP contribution in [0.15, 0.2) is 11.1 Å². The molecule has 2 heterocycles. The van der Waals surface area contributed by atoms with Crippen molar-refractivity contribution in [3.05, 3.63) is 22.4 Å². The summed E-state index contributed by atoms with van der Waals surface area (Å²) in [5.41, 5.74) is -0.455. The third kappa shape index (κ3) is 3.63. The van der Waals surface area contributed by atoms with Crippen molar-refractivity contribution in [1.82, 2.24) is 9.55 Å². The van der Waals surface area contributed by atoms with Crippen LogP contribution < -0.4 is 10.9 Å². The van der Waals surface area contributed by atoms with Gasteiger partial charge in [0.1, 0.15) is 23.9 Å². The quantitative estimate of drug-likeness (QED) is 0.777. The summed E-state index contributed by atoms with van der Waals surface area (Å²) in [6.07, 6.45) is 2.06. The highest BCUT2D eigenvalue weighted by Crippen LogP contribution is 2.19. The number of fused-ring (bicyclic) bond motifs is 1. The number of carboxylic acid groups (broad SMARTS) is 1. The molecule has 0 spiro atoms. The lowest BCUT2D eigenvalue weighted by Crippen LogP contribution is -2.39. The third-order valence-electron chi connectivity index (χ3n) is 3.12. The minimum absolute atomic E-state index is 0.143. The van der Waals surface area contributed by atoms with Gasteiger partial charge in [-0.3, -0.25) is 14.2 Å². The number of carbonyl (C=O) groups is 2. The molecule has 0 radical (unpaired) electrons. The van der Waals surface area contributed by atoms with Gasteiger partial charge in [-0.25, -0.2) is 9.78 Å². The van der Waals surface area contributed by atoms with Gasteiger partial charge in [-0.1, -0.05) is 0 Å². The van der Waals surface area contributed by atoms with Crippen molar-refractivity contribution in [2.24, 2.45) is 0 Å². The normalized spacial score (nSPS) is 17.3. The van der Waals surface area contributed by atoms with Crippen LogP contribution in [0.25, 0.3) is 0 Å². The van der Waals surface area contributed by atoms with Crippen molar-refractivity contribution < 1.29 is 19.4 Å². The maximum Gasteiger partial charge on any atom is 0.326 e. The van der Waals surface area contributed by atoms with Crippen LogP contribution in [0.3, 0.4) is 0 Å². The molecule has 2 rings (SSSR count). The molecule has 2 N–H and O–H groups in total. The fourth-order valence-electron chi connectivity index (χ4n) is 2.20. The largest absolute Gasteiger partial charge is 0.480 e. The summed E-state index contributed by atoms with van der Waals surface area (Å²) in [7, 11) is 0. The monoisotopic (exact) mass is 309 g/mol. The SMILES string of the molecule is CC(C)(C)OC(=O)Cn1cnc2c(c1=O)NC(C(=O)O)CC2. The van der Waals surface area contributed by atoms with E-state index in [9.17, 15) is 14.4 Å². The Balaban J connectivity index is 2.22. The van der Waals surface area contributed by atoms with Crippen LogP contribution in [0, 0.1) is 0 Å². The van der Waals surface area contributed by atoms with E-state index < -0.39 is 29.1 Å². The minimum atomic E-state index is -1.02. The number of nitrogens with one attached hydrogen (secondary N) is 1. The predicted octanol–water partition coefficient (Wildman–Crippen LogP) is 0.396. The standard InChI is InChI=1S/C14H19N3O5/c1-14(2,3)22-10(18)6-17-7-15-8-4-5-9(13(20)21)16-11(8)12(17)19/h7,9,16H,4-6H2,1-3H3,(H,20,21). The number of aryl methyl sites for hydroxylation is 1. The first-order valence-electron chi connectivity index (χ1n) is 6.97. The number of aromatic nitrogens is 2. The zero-order chi connectivity index (χ0) is 16.5. The van der Waals surface area contributed by atoms with Gasteiger partial charge in [-0.05, 0) is 33.6 Å². The van der Waals surface area contributed by atoms with E-state index in [0.29, 0.717) is 18.5 Å². The van der Waals surface area contributed by atoms with Crippen LogP contribution in [0.5, 0.6) is 0 Å². The summed E-state index contributed by atoms with van der Waals surface area (Å²) >= 11 is 0. The summed E-state index contributed by atoms with van der Waals surface area (Å²) in [4.78, 5) is 39.3. The molecular formula is C14H19N3O5. The van der Waals surface area contributed by atoms with Crippen molar-refractivity contribution in [1.29, 1.82) is 0 Å². The number of carboxylic acids is 1. The fourth-order valence-corrected chi connectivity index (χ4v) is 2.20. The molecule has 1 aliphatic rings. The van der Waals surface area contributed by atoms with Gasteiger partial charge in [-0.15, -0.1) is 0 Å². The van der Waals surface area contributed by atoms with E-state index >= 15 is 0 Å². The zero-order valence-electron chi connectivity index (χ0n) is 12.8. The average Bonchev–Trinajstić information content (AvgIpc) is 2.39. The number of hydrogen-bond acceptors (Lipinski definition) is 6. The van der Waals surface area contributed by atoms with Crippen molar-refractivity contribution >= 4 is 17.6 Å². The molecule has 0 amide bonds. The van der Waals surface area contributed by atoms with Crippen molar-refractivity contribution in [2.75, 3.05) is 5.32 Å². The molecule has 1 aromatic heterocycles. The summed E-state index contributed by atoms with van der Waals surface area (Å²) in [5, 5.41) is 11.7. The molecule has 1 unspecified atom stereocenters. The highest BCUT2D eigenvalue weighted by atomic mass is 16.6. The zero-order valence-corrected chi connectivity index (χ0v) is 12.8. The molecular weight excluding hydrogens is 290 g/mol. The second kappa shape index (κ2) is 5.78. The Morgan fingerprint density at radius 3 is 2.77 bits per heavy atom. The molecule has 120 valence electrons. The van der Waals surface area contributed by atoms with Gasteiger partial charge in [0.15, 0.2) is 0 Å².